The molecule has 1 aromatic carbocycles. The van der Waals surface area contributed by atoms with Crippen LogP contribution >= 0.6 is 11.3 Å². The molecule has 6 nitrogen and oxygen atoms in total. The normalized spacial score (nSPS) is 14.5. The second kappa shape index (κ2) is 5.40. The van der Waals surface area contributed by atoms with Gasteiger partial charge in [-0.3, -0.25) is 9.10 Å². The molecule has 0 saturated carbocycles. The Balaban J connectivity index is 2.15. The fourth-order valence-corrected chi connectivity index (χ4v) is 5.31. The van der Waals surface area contributed by atoms with Crippen LogP contribution in [0.25, 0.3) is 0 Å². The number of anilines is 1. The van der Waals surface area contributed by atoms with E-state index < -0.39 is 20.7 Å². The predicted molar refractivity (Wildman–Crippen MR) is 80.7 cm³/mol. The number of nitrogens with zero attached hydrogens (tertiary/aromatic N) is 1. The molecule has 2 heterocycles. The number of fused-ring (bicyclic) bond motifs is 1. The van der Waals surface area contributed by atoms with Crippen molar-refractivity contribution in [3.8, 4) is 5.75 Å². The van der Waals surface area contributed by atoms with E-state index in [1.807, 2.05) is 0 Å². The first-order chi connectivity index (χ1) is 10.4. The minimum Gasteiger partial charge on any atom is -0.489 e. The van der Waals surface area contributed by atoms with Crippen LogP contribution in [0.2, 0.25) is 0 Å². The van der Waals surface area contributed by atoms with Gasteiger partial charge in [-0.05, 0) is 18.6 Å². The van der Waals surface area contributed by atoms with Gasteiger partial charge in [-0.2, -0.15) is 0 Å². The van der Waals surface area contributed by atoms with E-state index in [4.69, 9.17) is 4.74 Å². The number of benzene rings is 1. The topological polar surface area (TPSA) is 79.5 Å². The largest absolute Gasteiger partial charge is 0.489 e. The zero-order valence-corrected chi connectivity index (χ0v) is 13.3. The summed E-state index contributed by atoms with van der Waals surface area (Å²) < 4.78 is 45.6. The van der Waals surface area contributed by atoms with Crippen LogP contribution in [0.3, 0.4) is 0 Å². The van der Waals surface area contributed by atoms with Gasteiger partial charge in [-0.25, -0.2) is 12.8 Å². The average Bonchev–Trinajstić information content (AvgIpc) is 2.88. The molecule has 0 spiro atoms. The Morgan fingerprint density at radius 2 is 2.23 bits per heavy atom. The van der Waals surface area contributed by atoms with Crippen LogP contribution in [0.4, 0.5) is 10.1 Å². The first kappa shape index (κ1) is 15.0. The van der Waals surface area contributed by atoms with E-state index in [0.29, 0.717) is 29.2 Å². The molecule has 3 rings (SSSR count). The van der Waals surface area contributed by atoms with E-state index in [9.17, 15) is 17.6 Å². The SMILES string of the molecule is CCc1[nH]c(=O)sc1S(=O)(=O)N1CCOc2ccc(F)cc21. The Labute approximate surface area is 130 Å². The summed E-state index contributed by atoms with van der Waals surface area (Å²) in [5, 5.41) is 0. The van der Waals surface area contributed by atoms with Crippen molar-refractivity contribution in [2.45, 2.75) is 17.6 Å². The number of nitrogens with one attached hydrogen (secondary N) is 1. The van der Waals surface area contributed by atoms with Crippen LogP contribution in [0.15, 0.2) is 27.2 Å². The summed E-state index contributed by atoms with van der Waals surface area (Å²) in [6.45, 7) is 1.98. The number of thiazole rings is 1. The van der Waals surface area contributed by atoms with Gasteiger partial charge in [0.1, 0.15) is 18.2 Å². The fraction of sp³-hybridized carbons (Fsp3) is 0.308. The van der Waals surface area contributed by atoms with Crippen molar-refractivity contribution in [1.82, 2.24) is 4.98 Å². The standard InChI is InChI=1S/C13H13FN2O4S2/c1-2-9-12(21-13(17)15-9)22(18,19)16-5-6-20-11-4-3-8(14)7-10(11)16/h3-4,7H,2,5-6H2,1H3,(H,15,17). The maximum Gasteiger partial charge on any atom is 0.306 e. The van der Waals surface area contributed by atoms with E-state index in [1.165, 1.54) is 12.1 Å². The monoisotopic (exact) mass is 344 g/mol. The van der Waals surface area contributed by atoms with Gasteiger partial charge < -0.3 is 9.72 Å². The molecule has 2 aromatic rings. The zero-order chi connectivity index (χ0) is 15.9. The molecule has 9 heteroatoms. The number of aromatic nitrogens is 1. The Morgan fingerprint density at radius 3 is 2.95 bits per heavy atom. The maximum absolute atomic E-state index is 13.5. The number of rotatable bonds is 3. The average molecular weight is 344 g/mol. The highest BCUT2D eigenvalue weighted by molar-refractivity contribution is 7.94. The molecule has 0 atom stereocenters. The van der Waals surface area contributed by atoms with Crippen molar-refractivity contribution in [2.24, 2.45) is 0 Å². The highest BCUT2D eigenvalue weighted by Gasteiger charge is 2.33. The van der Waals surface area contributed by atoms with Crippen LogP contribution in [0, 0.1) is 5.82 Å². The molecule has 0 bridgehead atoms. The summed E-state index contributed by atoms with van der Waals surface area (Å²) in [6, 6.07) is 3.72. The molecule has 0 unspecified atom stereocenters. The van der Waals surface area contributed by atoms with E-state index in [0.717, 1.165) is 10.4 Å². The van der Waals surface area contributed by atoms with Gasteiger partial charge >= 0.3 is 4.87 Å². The minimum absolute atomic E-state index is 0.0305. The van der Waals surface area contributed by atoms with Crippen molar-refractivity contribution in [3.63, 3.8) is 0 Å². The number of sulfonamides is 1. The molecular formula is C13H13FN2O4S2. The number of hydrogen-bond acceptors (Lipinski definition) is 5. The van der Waals surface area contributed by atoms with Crippen LogP contribution in [-0.2, 0) is 16.4 Å². The minimum atomic E-state index is -3.94. The van der Waals surface area contributed by atoms with Crippen molar-refractivity contribution < 1.29 is 17.5 Å². The van der Waals surface area contributed by atoms with Crippen LogP contribution in [-0.4, -0.2) is 26.6 Å². The molecule has 1 aromatic heterocycles. The molecule has 0 amide bonds. The van der Waals surface area contributed by atoms with Crippen molar-refractivity contribution in [1.29, 1.82) is 0 Å². The molecule has 118 valence electrons. The Kier molecular flexibility index (Phi) is 3.69. The van der Waals surface area contributed by atoms with Crippen LogP contribution in [0.5, 0.6) is 5.75 Å². The lowest BCUT2D eigenvalue weighted by molar-refractivity contribution is 0.315. The summed E-state index contributed by atoms with van der Waals surface area (Å²) in [6.07, 6.45) is 0.383. The van der Waals surface area contributed by atoms with Gasteiger partial charge in [-0.15, -0.1) is 0 Å². The third kappa shape index (κ3) is 2.40. The molecule has 0 radical (unpaired) electrons. The molecule has 1 N–H and O–H groups in total. The number of hydrogen-bond donors (Lipinski definition) is 1. The smallest absolute Gasteiger partial charge is 0.306 e. The molecule has 0 saturated heterocycles. The lowest BCUT2D eigenvalue weighted by Crippen LogP contribution is -2.38. The van der Waals surface area contributed by atoms with E-state index in [1.54, 1.807) is 6.92 Å². The molecule has 0 aliphatic carbocycles. The van der Waals surface area contributed by atoms with Crippen LogP contribution < -0.4 is 13.9 Å². The van der Waals surface area contributed by atoms with Gasteiger partial charge in [0.15, 0.2) is 4.21 Å². The zero-order valence-electron chi connectivity index (χ0n) is 11.6. The summed E-state index contributed by atoms with van der Waals surface area (Å²) in [4.78, 5) is 13.6. The van der Waals surface area contributed by atoms with Gasteiger partial charge in [-0.1, -0.05) is 18.3 Å². The van der Waals surface area contributed by atoms with Crippen molar-refractivity contribution in [3.05, 3.63) is 39.4 Å². The Morgan fingerprint density at radius 1 is 1.45 bits per heavy atom. The first-order valence-electron chi connectivity index (χ1n) is 6.60. The Hall–Kier alpha value is -1.87. The molecule has 22 heavy (non-hydrogen) atoms. The highest BCUT2D eigenvalue weighted by atomic mass is 32.2. The van der Waals surface area contributed by atoms with Gasteiger partial charge in [0.2, 0.25) is 0 Å². The second-order valence-corrected chi connectivity index (χ2v) is 7.71. The number of halogens is 1. The third-order valence-corrected chi connectivity index (χ3v) is 6.58. The highest BCUT2D eigenvalue weighted by Crippen LogP contribution is 2.36. The molecule has 0 fully saturated rings. The fourth-order valence-electron chi connectivity index (χ4n) is 2.30. The lowest BCUT2D eigenvalue weighted by atomic mass is 10.2. The number of aryl methyl sites for hydroxylation is 1. The summed E-state index contributed by atoms with van der Waals surface area (Å²) >= 11 is 0.643. The number of H-pyrrole nitrogens is 1. The first-order valence-corrected chi connectivity index (χ1v) is 8.86. The summed E-state index contributed by atoms with van der Waals surface area (Å²) in [5.74, 6) is -0.250. The van der Waals surface area contributed by atoms with Crippen LogP contribution in [0.1, 0.15) is 12.6 Å². The van der Waals surface area contributed by atoms with E-state index >= 15 is 0 Å². The van der Waals surface area contributed by atoms with E-state index in [2.05, 4.69) is 4.98 Å². The maximum atomic E-state index is 13.5. The van der Waals surface area contributed by atoms with Crippen molar-refractivity contribution >= 4 is 27.0 Å². The summed E-state index contributed by atoms with van der Waals surface area (Å²) in [7, 11) is -3.94. The number of ether oxygens (including phenoxy) is 1. The number of aromatic amines is 1. The van der Waals surface area contributed by atoms with Gasteiger partial charge in [0, 0.05) is 11.8 Å². The summed E-state index contributed by atoms with van der Waals surface area (Å²) in [5.41, 5.74) is 0.508. The molecular weight excluding hydrogens is 331 g/mol. The van der Waals surface area contributed by atoms with E-state index in [-0.39, 0.29) is 23.0 Å². The third-order valence-electron chi connectivity index (χ3n) is 3.30. The quantitative estimate of drug-likeness (QED) is 0.919. The lowest BCUT2D eigenvalue weighted by Gasteiger charge is -2.30. The molecule has 1 aliphatic rings. The van der Waals surface area contributed by atoms with Gasteiger partial charge in [0.05, 0.1) is 12.2 Å². The molecule has 1 aliphatic heterocycles. The van der Waals surface area contributed by atoms with Gasteiger partial charge in [0.25, 0.3) is 10.0 Å². The van der Waals surface area contributed by atoms with Crippen molar-refractivity contribution in [2.75, 3.05) is 17.5 Å². The second-order valence-electron chi connectivity index (χ2n) is 4.67. The predicted octanol–water partition coefficient (Wildman–Crippen LogP) is 1.73. The Bertz CT molecular complexity index is 872.